The molecule has 1 heterocycles. The van der Waals surface area contributed by atoms with Crippen LogP contribution in [0.5, 0.6) is 5.75 Å². The van der Waals surface area contributed by atoms with Gasteiger partial charge >= 0.3 is 0 Å². The molecule has 2 aromatic rings. The second-order valence-electron chi connectivity index (χ2n) is 4.68. The van der Waals surface area contributed by atoms with Crippen molar-refractivity contribution >= 4 is 11.6 Å². The van der Waals surface area contributed by atoms with Crippen LogP contribution in [-0.4, -0.2) is 11.0 Å². The van der Waals surface area contributed by atoms with E-state index in [0.29, 0.717) is 5.56 Å². The van der Waals surface area contributed by atoms with Crippen LogP contribution in [0.1, 0.15) is 11.1 Å². The molecule has 0 saturated heterocycles. The fourth-order valence-corrected chi connectivity index (χ4v) is 2.54. The fraction of sp³-hybridized carbons (Fsp3) is 0.0625. The first kappa shape index (κ1) is 13.1. The van der Waals surface area contributed by atoms with Crippen molar-refractivity contribution in [3.05, 3.63) is 59.2 Å². The van der Waals surface area contributed by atoms with Gasteiger partial charge in [-0.1, -0.05) is 24.1 Å². The number of nitrogens with one attached hydrogen (secondary N) is 1. The summed E-state index contributed by atoms with van der Waals surface area (Å²) in [5.74, 6) is -0.442. The molecule has 2 aromatic carbocycles. The predicted molar refractivity (Wildman–Crippen MR) is 72.7 cm³/mol. The molecule has 0 saturated carbocycles. The molecular formula is C16H9F2NO2. The number of phenolic OH excluding ortho intramolecular Hbond substituents is 1. The molecule has 0 fully saturated rings. The Kier molecular flexibility index (Phi) is 2.70. The fourth-order valence-electron chi connectivity index (χ4n) is 2.54. The van der Waals surface area contributed by atoms with E-state index < -0.39 is 23.0 Å². The molecule has 3 rings (SSSR count). The zero-order chi connectivity index (χ0) is 15.2. The van der Waals surface area contributed by atoms with Crippen LogP contribution in [0.2, 0.25) is 0 Å². The van der Waals surface area contributed by atoms with E-state index in [1.165, 1.54) is 30.3 Å². The lowest BCUT2D eigenvalue weighted by Gasteiger charge is -2.21. The molecule has 0 aliphatic carbocycles. The van der Waals surface area contributed by atoms with Gasteiger partial charge in [0.25, 0.3) is 5.91 Å². The number of aromatic hydroxyl groups is 1. The highest BCUT2D eigenvalue weighted by Gasteiger charge is 2.48. The molecule has 1 aliphatic rings. The Hall–Kier alpha value is -2.87. The minimum atomic E-state index is -1.54. The normalized spacial score (nSPS) is 19.8. The van der Waals surface area contributed by atoms with Crippen molar-refractivity contribution < 1.29 is 18.7 Å². The minimum absolute atomic E-state index is 0.00911. The van der Waals surface area contributed by atoms with Gasteiger partial charge in [0.1, 0.15) is 5.75 Å². The van der Waals surface area contributed by atoms with Gasteiger partial charge in [-0.25, -0.2) is 8.78 Å². The lowest BCUT2D eigenvalue weighted by atomic mass is 9.76. The molecule has 0 radical (unpaired) electrons. The van der Waals surface area contributed by atoms with Crippen LogP contribution < -0.4 is 5.32 Å². The van der Waals surface area contributed by atoms with Crippen LogP contribution in [-0.2, 0) is 10.2 Å². The number of hydrogen-bond acceptors (Lipinski definition) is 2. The first-order chi connectivity index (χ1) is 10.0. The van der Waals surface area contributed by atoms with Gasteiger partial charge in [-0.05, 0) is 23.8 Å². The molecule has 1 atom stereocenters. The van der Waals surface area contributed by atoms with E-state index in [2.05, 4.69) is 11.2 Å². The van der Waals surface area contributed by atoms with Crippen molar-refractivity contribution in [1.82, 2.24) is 0 Å². The molecule has 3 nitrogen and oxygen atoms in total. The number of phenols is 1. The van der Waals surface area contributed by atoms with Crippen molar-refractivity contribution in [3.8, 4) is 18.1 Å². The molecule has 2 N–H and O–H groups in total. The summed E-state index contributed by atoms with van der Waals surface area (Å²) in [6.07, 6.45) is 5.54. The molecule has 1 amide bonds. The number of amides is 1. The first-order valence-corrected chi connectivity index (χ1v) is 6.08. The van der Waals surface area contributed by atoms with Crippen LogP contribution in [0.4, 0.5) is 14.5 Å². The highest BCUT2D eigenvalue weighted by atomic mass is 19.2. The van der Waals surface area contributed by atoms with Crippen molar-refractivity contribution in [2.75, 3.05) is 5.32 Å². The van der Waals surface area contributed by atoms with Gasteiger partial charge in [0.05, 0.1) is 5.69 Å². The summed E-state index contributed by atoms with van der Waals surface area (Å²) < 4.78 is 27.1. The zero-order valence-electron chi connectivity index (χ0n) is 10.7. The van der Waals surface area contributed by atoms with Gasteiger partial charge in [0.15, 0.2) is 17.0 Å². The van der Waals surface area contributed by atoms with Gasteiger partial charge in [-0.15, -0.1) is 6.42 Å². The third kappa shape index (κ3) is 1.62. The monoisotopic (exact) mass is 285 g/mol. The van der Waals surface area contributed by atoms with Gasteiger partial charge in [-0.3, -0.25) is 4.79 Å². The standard InChI is InChI=1S/C16H9F2NO2/c1-2-16(9-3-5-10(20)6-4-9)11-7-8-12(17)13(18)14(11)19-15(16)21/h1,3-8,20H,(H,19,21). The Balaban J connectivity index is 2.31. The van der Waals surface area contributed by atoms with E-state index in [9.17, 15) is 18.7 Å². The van der Waals surface area contributed by atoms with Crippen LogP contribution in [0.25, 0.3) is 0 Å². The number of carbonyl (C=O) groups excluding carboxylic acids is 1. The summed E-state index contributed by atoms with van der Waals surface area (Å²) in [4.78, 5) is 12.3. The van der Waals surface area contributed by atoms with E-state index in [4.69, 9.17) is 6.42 Å². The lowest BCUT2D eigenvalue weighted by Crippen LogP contribution is -2.34. The van der Waals surface area contributed by atoms with Gasteiger partial charge in [0, 0.05) is 5.56 Å². The lowest BCUT2D eigenvalue weighted by molar-refractivity contribution is -0.118. The van der Waals surface area contributed by atoms with Gasteiger partial charge < -0.3 is 10.4 Å². The topological polar surface area (TPSA) is 49.3 Å². The number of carbonyl (C=O) groups is 1. The van der Waals surface area contributed by atoms with E-state index in [1.54, 1.807) is 0 Å². The Morgan fingerprint density at radius 3 is 2.43 bits per heavy atom. The largest absolute Gasteiger partial charge is 0.508 e. The van der Waals surface area contributed by atoms with Crippen molar-refractivity contribution in [3.63, 3.8) is 0 Å². The molecule has 0 aromatic heterocycles. The quantitative estimate of drug-likeness (QED) is 0.791. The van der Waals surface area contributed by atoms with E-state index in [1.807, 2.05) is 0 Å². The van der Waals surface area contributed by atoms with Crippen molar-refractivity contribution in [2.24, 2.45) is 0 Å². The van der Waals surface area contributed by atoms with Crippen LogP contribution >= 0.6 is 0 Å². The molecule has 0 bridgehead atoms. The molecule has 0 spiro atoms. The maximum absolute atomic E-state index is 13.8. The summed E-state index contributed by atoms with van der Waals surface area (Å²) in [6, 6.07) is 7.93. The van der Waals surface area contributed by atoms with Gasteiger partial charge in [-0.2, -0.15) is 0 Å². The Labute approximate surface area is 119 Å². The van der Waals surface area contributed by atoms with Crippen LogP contribution in [0.3, 0.4) is 0 Å². The average Bonchev–Trinajstić information content (AvgIpc) is 2.77. The number of terminal acetylenes is 1. The number of hydrogen-bond donors (Lipinski definition) is 2. The minimum Gasteiger partial charge on any atom is -0.508 e. The number of halogens is 2. The van der Waals surface area contributed by atoms with Crippen LogP contribution in [0.15, 0.2) is 36.4 Å². The first-order valence-electron chi connectivity index (χ1n) is 6.08. The number of anilines is 1. The molecule has 5 heteroatoms. The third-order valence-electron chi connectivity index (χ3n) is 3.59. The summed E-state index contributed by atoms with van der Waals surface area (Å²) in [7, 11) is 0. The van der Waals surface area contributed by atoms with E-state index in [-0.39, 0.29) is 17.0 Å². The average molecular weight is 285 g/mol. The second-order valence-corrected chi connectivity index (χ2v) is 4.68. The zero-order valence-corrected chi connectivity index (χ0v) is 10.7. The number of fused-ring (bicyclic) bond motifs is 1. The molecule has 1 aliphatic heterocycles. The highest BCUT2D eigenvalue weighted by Crippen LogP contribution is 2.44. The maximum atomic E-state index is 13.8. The van der Waals surface area contributed by atoms with E-state index in [0.717, 1.165) is 6.07 Å². The summed E-state index contributed by atoms with van der Waals surface area (Å²) in [5.41, 5.74) is -1.21. The molecule has 1 unspecified atom stereocenters. The van der Waals surface area contributed by atoms with Crippen molar-refractivity contribution in [2.45, 2.75) is 5.41 Å². The van der Waals surface area contributed by atoms with Crippen molar-refractivity contribution in [1.29, 1.82) is 0 Å². The molecule has 21 heavy (non-hydrogen) atoms. The maximum Gasteiger partial charge on any atom is 0.251 e. The summed E-state index contributed by atoms with van der Waals surface area (Å²) in [5, 5.41) is 11.6. The number of rotatable bonds is 1. The Morgan fingerprint density at radius 2 is 1.81 bits per heavy atom. The Bertz CT molecular complexity index is 793. The second kappa shape index (κ2) is 4.32. The number of benzene rings is 2. The highest BCUT2D eigenvalue weighted by molar-refractivity contribution is 6.11. The summed E-state index contributed by atoms with van der Waals surface area (Å²) >= 11 is 0. The SMILES string of the molecule is C#CC1(c2ccc(O)cc2)C(=O)Nc2c1ccc(F)c2F. The molecule has 104 valence electrons. The third-order valence-corrected chi connectivity index (χ3v) is 3.59. The predicted octanol–water partition coefficient (Wildman–Crippen LogP) is 2.54. The van der Waals surface area contributed by atoms with E-state index >= 15 is 0 Å². The molecular weight excluding hydrogens is 276 g/mol. The van der Waals surface area contributed by atoms with Crippen LogP contribution in [0, 0.1) is 24.0 Å². The smallest absolute Gasteiger partial charge is 0.251 e. The summed E-state index contributed by atoms with van der Waals surface area (Å²) in [6.45, 7) is 0. The van der Waals surface area contributed by atoms with Gasteiger partial charge in [0.2, 0.25) is 0 Å². The Morgan fingerprint density at radius 1 is 1.14 bits per heavy atom.